The number of anilines is 1. The number of nitriles is 1. The summed E-state index contributed by atoms with van der Waals surface area (Å²) < 4.78 is 0. The van der Waals surface area contributed by atoms with Gasteiger partial charge in [0, 0.05) is 25.0 Å². The molecular formula is C18H23N3O. The lowest BCUT2D eigenvalue weighted by atomic mass is 9.94. The normalized spacial score (nSPS) is 16.0. The topological polar surface area (TPSA) is 56.1 Å². The van der Waals surface area contributed by atoms with Crippen molar-refractivity contribution in [1.82, 2.24) is 4.90 Å². The Morgan fingerprint density at radius 3 is 2.50 bits per heavy atom. The van der Waals surface area contributed by atoms with Gasteiger partial charge in [-0.15, -0.1) is 0 Å². The molecule has 1 N–H and O–H groups in total. The number of nitrogens with zero attached hydrogens (tertiary/aromatic N) is 2. The molecule has 1 aliphatic carbocycles. The largest absolute Gasteiger partial charge is 0.376 e. The minimum atomic E-state index is -0.353. The molecule has 4 nitrogen and oxygen atoms in total. The highest BCUT2D eigenvalue weighted by molar-refractivity contribution is 6.06. The highest BCUT2D eigenvalue weighted by atomic mass is 16.1. The van der Waals surface area contributed by atoms with Crippen LogP contribution in [0, 0.1) is 18.3 Å². The first kappa shape index (κ1) is 16.1. The molecule has 116 valence electrons. The Hall–Kier alpha value is -2.28. The standard InChI is InChI=1S/C18H23N3O/c1-14-8-10-16(11-9-14)20-18(22)15(12-19)13-21(2)17-6-4-3-5-7-17/h8-11,13,17H,3-7H2,1-2H3,(H,20,22)/b15-13-. The third kappa shape index (κ3) is 4.36. The van der Waals surface area contributed by atoms with Crippen molar-refractivity contribution < 1.29 is 4.79 Å². The van der Waals surface area contributed by atoms with E-state index in [0.717, 1.165) is 18.4 Å². The Kier molecular flexibility index (Phi) is 5.60. The van der Waals surface area contributed by atoms with Crippen LogP contribution in [0.3, 0.4) is 0 Å². The van der Waals surface area contributed by atoms with Gasteiger partial charge in [-0.2, -0.15) is 5.26 Å². The summed E-state index contributed by atoms with van der Waals surface area (Å²) in [6.07, 6.45) is 7.67. The Balaban J connectivity index is 2.03. The van der Waals surface area contributed by atoms with Crippen molar-refractivity contribution in [3.05, 3.63) is 41.6 Å². The fourth-order valence-corrected chi connectivity index (χ4v) is 2.77. The van der Waals surface area contributed by atoms with Crippen LogP contribution in [-0.4, -0.2) is 23.9 Å². The molecule has 0 heterocycles. The van der Waals surface area contributed by atoms with Crippen LogP contribution < -0.4 is 5.32 Å². The van der Waals surface area contributed by atoms with Gasteiger partial charge in [0.05, 0.1) is 0 Å². The highest BCUT2D eigenvalue weighted by Gasteiger charge is 2.18. The number of aryl methyl sites for hydroxylation is 1. The van der Waals surface area contributed by atoms with Crippen molar-refractivity contribution in [2.24, 2.45) is 0 Å². The van der Waals surface area contributed by atoms with E-state index < -0.39 is 0 Å². The molecule has 2 rings (SSSR count). The molecular weight excluding hydrogens is 274 g/mol. The molecule has 4 heteroatoms. The van der Waals surface area contributed by atoms with Gasteiger partial charge in [0.25, 0.3) is 5.91 Å². The van der Waals surface area contributed by atoms with E-state index in [2.05, 4.69) is 5.32 Å². The second-order valence-electron chi connectivity index (χ2n) is 5.93. The van der Waals surface area contributed by atoms with Crippen LogP contribution >= 0.6 is 0 Å². The maximum Gasteiger partial charge on any atom is 0.267 e. The molecule has 1 aromatic carbocycles. The van der Waals surface area contributed by atoms with E-state index in [1.54, 1.807) is 6.20 Å². The number of hydrogen-bond acceptors (Lipinski definition) is 3. The lowest BCUT2D eigenvalue weighted by molar-refractivity contribution is -0.112. The number of hydrogen-bond donors (Lipinski definition) is 1. The zero-order valence-electron chi connectivity index (χ0n) is 13.3. The summed E-state index contributed by atoms with van der Waals surface area (Å²) in [4.78, 5) is 14.2. The van der Waals surface area contributed by atoms with Crippen LogP contribution in [0.4, 0.5) is 5.69 Å². The van der Waals surface area contributed by atoms with Gasteiger partial charge in [0.1, 0.15) is 11.6 Å². The second kappa shape index (κ2) is 7.65. The predicted octanol–water partition coefficient (Wildman–Crippen LogP) is 3.61. The summed E-state index contributed by atoms with van der Waals surface area (Å²) in [5.41, 5.74) is 1.98. The number of amides is 1. The van der Waals surface area contributed by atoms with Crippen molar-refractivity contribution in [3.8, 4) is 6.07 Å². The lowest BCUT2D eigenvalue weighted by Gasteiger charge is -2.30. The zero-order valence-corrected chi connectivity index (χ0v) is 13.3. The lowest BCUT2D eigenvalue weighted by Crippen LogP contribution is -2.30. The van der Waals surface area contributed by atoms with E-state index in [1.165, 1.54) is 19.3 Å². The molecule has 0 saturated heterocycles. The van der Waals surface area contributed by atoms with Crippen LogP contribution in [-0.2, 0) is 4.79 Å². The van der Waals surface area contributed by atoms with Gasteiger partial charge in [-0.25, -0.2) is 0 Å². The molecule has 0 aliphatic heterocycles. The van der Waals surface area contributed by atoms with E-state index in [-0.39, 0.29) is 11.5 Å². The van der Waals surface area contributed by atoms with Gasteiger partial charge in [0.2, 0.25) is 0 Å². The number of nitrogens with one attached hydrogen (secondary N) is 1. The van der Waals surface area contributed by atoms with Gasteiger partial charge in [-0.1, -0.05) is 37.0 Å². The molecule has 0 spiro atoms. The molecule has 1 amide bonds. The quantitative estimate of drug-likeness (QED) is 0.682. The van der Waals surface area contributed by atoms with Gasteiger partial charge in [0.15, 0.2) is 0 Å². The molecule has 0 aromatic heterocycles. The third-order valence-electron chi connectivity index (χ3n) is 4.16. The maximum absolute atomic E-state index is 12.2. The third-order valence-corrected chi connectivity index (χ3v) is 4.16. The van der Waals surface area contributed by atoms with Crippen LogP contribution in [0.15, 0.2) is 36.0 Å². The fraction of sp³-hybridized carbons (Fsp3) is 0.444. The summed E-state index contributed by atoms with van der Waals surface area (Å²) in [5.74, 6) is -0.353. The summed E-state index contributed by atoms with van der Waals surface area (Å²) in [6.45, 7) is 1.99. The first-order valence-electron chi connectivity index (χ1n) is 7.82. The van der Waals surface area contributed by atoms with Crippen molar-refractivity contribution in [2.45, 2.75) is 45.1 Å². The average Bonchev–Trinajstić information content (AvgIpc) is 2.55. The molecule has 0 atom stereocenters. The number of carbonyl (C=O) groups is 1. The van der Waals surface area contributed by atoms with Crippen molar-refractivity contribution in [2.75, 3.05) is 12.4 Å². The predicted molar refractivity (Wildman–Crippen MR) is 88.1 cm³/mol. The number of carbonyl (C=O) groups excluding carboxylic acids is 1. The molecule has 1 aliphatic rings. The number of rotatable bonds is 4. The molecule has 0 bridgehead atoms. The summed E-state index contributed by atoms with van der Waals surface area (Å²) in [6, 6.07) is 9.99. The van der Waals surface area contributed by atoms with Crippen LogP contribution in [0.2, 0.25) is 0 Å². The van der Waals surface area contributed by atoms with E-state index in [4.69, 9.17) is 0 Å². The van der Waals surface area contributed by atoms with Gasteiger partial charge < -0.3 is 10.2 Å². The van der Waals surface area contributed by atoms with Gasteiger partial charge in [-0.05, 0) is 31.9 Å². The van der Waals surface area contributed by atoms with Crippen molar-refractivity contribution >= 4 is 11.6 Å². The first-order valence-corrected chi connectivity index (χ1v) is 7.82. The first-order chi connectivity index (χ1) is 10.6. The summed E-state index contributed by atoms with van der Waals surface area (Å²) in [7, 11) is 1.95. The SMILES string of the molecule is Cc1ccc(NC(=O)/C(C#N)=C\N(C)C2CCCCC2)cc1. The monoisotopic (exact) mass is 297 g/mol. The van der Waals surface area contributed by atoms with E-state index in [9.17, 15) is 10.1 Å². The van der Waals surface area contributed by atoms with Crippen LogP contribution in [0.25, 0.3) is 0 Å². The van der Waals surface area contributed by atoms with E-state index >= 15 is 0 Å². The summed E-state index contributed by atoms with van der Waals surface area (Å²) in [5, 5.41) is 12.0. The van der Waals surface area contributed by atoms with Crippen molar-refractivity contribution in [3.63, 3.8) is 0 Å². The Morgan fingerprint density at radius 1 is 1.27 bits per heavy atom. The Labute approximate surface area is 132 Å². The maximum atomic E-state index is 12.2. The number of benzene rings is 1. The minimum absolute atomic E-state index is 0.147. The smallest absolute Gasteiger partial charge is 0.267 e. The summed E-state index contributed by atoms with van der Waals surface area (Å²) >= 11 is 0. The highest BCUT2D eigenvalue weighted by Crippen LogP contribution is 2.22. The molecule has 1 fully saturated rings. The Morgan fingerprint density at radius 2 is 1.91 bits per heavy atom. The molecule has 0 radical (unpaired) electrons. The zero-order chi connectivity index (χ0) is 15.9. The van der Waals surface area contributed by atoms with Crippen molar-refractivity contribution in [1.29, 1.82) is 5.26 Å². The van der Waals surface area contributed by atoms with E-state index in [1.807, 2.05) is 49.2 Å². The van der Waals surface area contributed by atoms with E-state index in [0.29, 0.717) is 11.7 Å². The average molecular weight is 297 g/mol. The molecule has 1 aromatic rings. The molecule has 0 unspecified atom stereocenters. The fourth-order valence-electron chi connectivity index (χ4n) is 2.77. The van der Waals surface area contributed by atoms with Crippen LogP contribution in [0.1, 0.15) is 37.7 Å². The molecule has 22 heavy (non-hydrogen) atoms. The van der Waals surface area contributed by atoms with Crippen LogP contribution in [0.5, 0.6) is 0 Å². The molecule has 1 saturated carbocycles. The minimum Gasteiger partial charge on any atom is -0.376 e. The van der Waals surface area contributed by atoms with Gasteiger partial charge in [-0.3, -0.25) is 4.79 Å². The second-order valence-corrected chi connectivity index (χ2v) is 5.93. The Bertz CT molecular complexity index is 577. The van der Waals surface area contributed by atoms with Gasteiger partial charge >= 0.3 is 0 Å².